The smallest absolute Gasteiger partial charge is 0 e. The molecule has 0 aliphatic carbocycles. The van der Waals surface area contributed by atoms with Crippen molar-refractivity contribution in [1.82, 2.24) is 0 Å². The van der Waals surface area contributed by atoms with Crippen molar-refractivity contribution >= 4 is 0 Å². The van der Waals surface area contributed by atoms with Gasteiger partial charge in [-0.1, -0.05) is 26.2 Å². The molecule has 0 spiro atoms. The molecule has 0 atom stereocenters. The van der Waals surface area contributed by atoms with E-state index in [1.807, 2.05) is 0 Å². The summed E-state index contributed by atoms with van der Waals surface area (Å²) in [6, 6.07) is 0. The van der Waals surface area contributed by atoms with Crippen molar-refractivity contribution in [1.29, 1.82) is 0 Å². The fourth-order valence-corrected chi connectivity index (χ4v) is 1.03. The molecule has 0 rings (SSSR count). The fraction of sp³-hybridized carbons (Fsp3) is 0.818. The molecular weight excluding hydrogens is 405 g/mol. The number of hydrogen-bond acceptors (Lipinski definition) is 0. The largest absolute Gasteiger partial charge is 0.367 e. The van der Waals surface area contributed by atoms with Gasteiger partial charge in [0.1, 0.15) is 0 Å². The molecule has 0 saturated heterocycles. The Morgan fingerprint density at radius 2 is 1.38 bits per heavy atom. The van der Waals surface area contributed by atoms with Gasteiger partial charge in [-0.2, -0.15) is 13.3 Å². The van der Waals surface area contributed by atoms with Gasteiger partial charge in [0.15, 0.2) is 0 Å². The predicted molar refractivity (Wildman–Crippen MR) is 52.1 cm³/mol. The van der Waals surface area contributed by atoms with Gasteiger partial charge in [0.2, 0.25) is 0 Å². The van der Waals surface area contributed by atoms with Crippen LogP contribution in [0.4, 0.5) is 0 Å². The molecular formula is C11H22WY-2. The summed E-state index contributed by atoms with van der Waals surface area (Å²) < 4.78 is 0. The van der Waals surface area contributed by atoms with Crippen LogP contribution in [0.25, 0.3) is 0 Å². The first-order chi connectivity index (χ1) is 4.63. The topological polar surface area (TPSA) is 0 Å². The molecule has 0 unspecified atom stereocenters. The van der Waals surface area contributed by atoms with Crippen molar-refractivity contribution in [2.45, 2.75) is 48.0 Å². The molecule has 77 valence electrons. The van der Waals surface area contributed by atoms with E-state index in [0.29, 0.717) is 5.41 Å². The number of rotatable bonds is 2. The molecule has 0 aromatic carbocycles. The van der Waals surface area contributed by atoms with Crippen molar-refractivity contribution in [3.63, 3.8) is 0 Å². The average molecular weight is 427 g/mol. The third-order valence-corrected chi connectivity index (χ3v) is 1.95. The quantitative estimate of drug-likeness (QED) is 0.588. The summed E-state index contributed by atoms with van der Waals surface area (Å²) in [5, 5.41) is 0. The summed E-state index contributed by atoms with van der Waals surface area (Å²) in [5.74, 6) is 1.49. The first-order valence-corrected chi connectivity index (χ1v) is 4.31. The summed E-state index contributed by atoms with van der Waals surface area (Å²) in [7, 11) is 0. The molecule has 13 heavy (non-hydrogen) atoms. The van der Waals surface area contributed by atoms with Crippen molar-refractivity contribution in [2.75, 3.05) is 0 Å². The Labute approximate surface area is 124 Å². The van der Waals surface area contributed by atoms with Crippen molar-refractivity contribution in [3.8, 4) is 0 Å². The Hall–Kier alpha value is 1.79. The van der Waals surface area contributed by atoms with Crippen LogP contribution in [0.5, 0.6) is 0 Å². The van der Waals surface area contributed by atoms with Gasteiger partial charge >= 0.3 is 0 Å². The third kappa shape index (κ3) is 11.7. The Morgan fingerprint density at radius 1 is 1.08 bits per heavy atom. The molecule has 0 amide bonds. The summed E-state index contributed by atoms with van der Waals surface area (Å²) in [6.07, 6.45) is 1.17. The monoisotopic (exact) mass is 427 g/mol. The molecule has 0 saturated carbocycles. The summed E-state index contributed by atoms with van der Waals surface area (Å²) in [4.78, 5) is 0. The maximum atomic E-state index is 4.12. The fourth-order valence-electron chi connectivity index (χ4n) is 1.03. The van der Waals surface area contributed by atoms with Gasteiger partial charge in [-0.3, -0.25) is 5.41 Å². The zero-order chi connectivity index (χ0) is 9.28. The van der Waals surface area contributed by atoms with Crippen LogP contribution in [0.3, 0.4) is 0 Å². The molecule has 0 aliphatic heterocycles. The first-order valence-electron chi connectivity index (χ1n) is 4.31. The van der Waals surface area contributed by atoms with Gasteiger partial charge in [0.05, 0.1) is 0 Å². The average Bonchev–Trinajstić information content (AvgIpc) is 1.56. The summed E-state index contributed by atoms with van der Waals surface area (Å²) in [5.41, 5.74) is 0.534. The van der Waals surface area contributed by atoms with E-state index in [2.05, 4.69) is 48.5 Å². The molecule has 0 aliphatic rings. The Morgan fingerprint density at radius 3 is 1.46 bits per heavy atom. The van der Waals surface area contributed by atoms with E-state index in [-0.39, 0.29) is 59.2 Å². The van der Waals surface area contributed by atoms with E-state index in [1.54, 1.807) is 0 Å². The molecule has 0 aromatic rings. The van der Waals surface area contributed by atoms with Crippen LogP contribution < -0.4 is 0 Å². The van der Waals surface area contributed by atoms with Crippen LogP contribution in [-0.4, -0.2) is 0 Å². The van der Waals surface area contributed by atoms with Crippen LogP contribution >= 0.6 is 0 Å². The second-order valence-electron chi connectivity index (χ2n) is 5.40. The molecule has 0 heterocycles. The third-order valence-electron chi connectivity index (χ3n) is 1.95. The van der Waals surface area contributed by atoms with E-state index in [0.717, 1.165) is 0 Å². The standard InChI is InChI=1S/C11H22.W.Y/c1-9(11(5,6)7)8-10(2,3)4;;/h5,8H2,1-4,6-7H3;;/q-2;;. The van der Waals surface area contributed by atoms with E-state index in [9.17, 15) is 0 Å². The van der Waals surface area contributed by atoms with E-state index in [4.69, 9.17) is 0 Å². The minimum absolute atomic E-state index is 0. The van der Waals surface area contributed by atoms with Crippen molar-refractivity contribution in [3.05, 3.63) is 12.8 Å². The Balaban J connectivity index is -0.000000500. The van der Waals surface area contributed by atoms with Crippen LogP contribution in [-0.2, 0) is 53.8 Å². The SMILES string of the molecule is [CH2-]C(C)(C)[C-](C)CC(C)(C)C.[W].[Y]. The summed E-state index contributed by atoms with van der Waals surface area (Å²) in [6.45, 7) is 17.5. The maximum Gasteiger partial charge on any atom is 0 e. The molecule has 0 aromatic heterocycles. The van der Waals surface area contributed by atoms with Gasteiger partial charge in [0.25, 0.3) is 0 Å². The van der Waals surface area contributed by atoms with Gasteiger partial charge < -0.3 is 12.8 Å². The van der Waals surface area contributed by atoms with E-state index >= 15 is 0 Å². The Bertz CT molecular complexity index is 119. The molecule has 1 radical (unpaired) electrons. The second-order valence-corrected chi connectivity index (χ2v) is 5.40. The van der Waals surface area contributed by atoms with Gasteiger partial charge in [-0.05, 0) is 0 Å². The van der Waals surface area contributed by atoms with E-state index < -0.39 is 0 Å². The maximum absolute atomic E-state index is 4.12. The van der Waals surface area contributed by atoms with Crippen LogP contribution in [0.1, 0.15) is 48.0 Å². The molecule has 0 nitrogen and oxygen atoms in total. The minimum atomic E-state index is 0. The van der Waals surface area contributed by atoms with Gasteiger partial charge in [0, 0.05) is 53.8 Å². The zero-order valence-electron chi connectivity index (χ0n) is 9.90. The van der Waals surface area contributed by atoms with Crippen LogP contribution in [0, 0.1) is 23.7 Å². The molecule has 0 fully saturated rings. The van der Waals surface area contributed by atoms with Gasteiger partial charge in [-0.25, -0.2) is 0 Å². The van der Waals surface area contributed by atoms with Gasteiger partial charge in [-0.15, -0.1) is 13.8 Å². The summed E-state index contributed by atoms with van der Waals surface area (Å²) >= 11 is 0. The van der Waals surface area contributed by atoms with Crippen molar-refractivity contribution in [2.24, 2.45) is 10.8 Å². The minimum Gasteiger partial charge on any atom is -0.367 e. The zero-order valence-corrected chi connectivity index (χ0v) is 15.7. The van der Waals surface area contributed by atoms with Crippen LogP contribution in [0.2, 0.25) is 0 Å². The van der Waals surface area contributed by atoms with Crippen LogP contribution in [0.15, 0.2) is 0 Å². The van der Waals surface area contributed by atoms with E-state index in [1.165, 1.54) is 12.3 Å². The number of hydrogen-bond donors (Lipinski definition) is 0. The normalized spacial score (nSPS) is 12.0. The molecule has 2 heteroatoms. The molecule has 0 N–H and O–H groups in total. The predicted octanol–water partition coefficient (Wildman–Crippen LogP) is 3.87. The Kier molecular flexibility index (Phi) is 11.1. The first kappa shape index (κ1) is 20.2. The molecule has 0 bridgehead atoms. The second kappa shape index (κ2) is 7.13. The van der Waals surface area contributed by atoms with Crippen molar-refractivity contribution < 1.29 is 53.8 Å².